The molecule has 0 spiro atoms. The predicted molar refractivity (Wildman–Crippen MR) is 103 cm³/mol. The zero-order valence-corrected chi connectivity index (χ0v) is 16.7. The van der Waals surface area contributed by atoms with Gasteiger partial charge in [-0.1, -0.05) is 23.7 Å². The minimum atomic E-state index is -3.33. The van der Waals surface area contributed by atoms with Crippen LogP contribution in [0.3, 0.4) is 0 Å². The lowest BCUT2D eigenvalue weighted by molar-refractivity contribution is -0.132. The summed E-state index contributed by atoms with van der Waals surface area (Å²) >= 11 is 5.86. The Bertz CT molecular complexity index is 671. The van der Waals surface area contributed by atoms with Gasteiger partial charge in [-0.05, 0) is 43.4 Å². The summed E-state index contributed by atoms with van der Waals surface area (Å²) < 4.78 is 32.1. The van der Waals surface area contributed by atoms with E-state index in [1.54, 1.807) is 12.0 Å². The van der Waals surface area contributed by atoms with Crippen molar-refractivity contribution in [2.24, 2.45) is 0 Å². The summed E-state index contributed by atoms with van der Waals surface area (Å²) in [6.07, 6.45) is 2.69. The lowest BCUT2D eigenvalue weighted by Crippen LogP contribution is -2.45. The topological polar surface area (TPSA) is 75.7 Å². The van der Waals surface area contributed by atoms with Gasteiger partial charge in [-0.25, -0.2) is 13.1 Å². The molecule has 0 saturated carbocycles. The number of amides is 1. The van der Waals surface area contributed by atoms with Crippen molar-refractivity contribution in [3.8, 4) is 0 Å². The van der Waals surface area contributed by atoms with Gasteiger partial charge in [-0.3, -0.25) is 4.79 Å². The summed E-state index contributed by atoms with van der Waals surface area (Å²) in [5.74, 6) is 0.0730. The van der Waals surface area contributed by atoms with Crippen LogP contribution in [-0.4, -0.2) is 57.8 Å². The Morgan fingerprint density at radius 3 is 2.54 bits per heavy atom. The smallest absolute Gasteiger partial charge is 0.222 e. The second-order valence-electron chi connectivity index (χ2n) is 6.49. The number of carbonyl (C=O) groups excluding carboxylic acids is 1. The molecule has 1 fully saturated rings. The highest BCUT2D eigenvalue weighted by molar-refractivity contribution is 7.90. The minimum Gasteiger partial charge on any atom is -0.385 e. The number of hydrogen-bond donors (Lipinski definition) is 1. The van der Waals surface area contributed by atoms with Gasteiger partial charge in [0.05, 0.1) is 5.25 Å². The number of aryl methyl sites for hydroxylation is 1. The zero-order valence-electron chi connectivity index (χ0n) is 15.1. The third-order valence-electron chi connectivity index (χ3n) is 4.60. The van der Waals surface area contributed by atoms with Gasteiger partial charge in [0.25, 0.3) is 0 Å². The van der Waals surface area contributed by atoms with E-state index in [1.807, 2.05) is 24.3 Å². The molecule has 0 aliphatic carbocycles. The number of rotatable bonds is 9. The maximum Gasteiger partial charge on any atom is 0.222 e. The molecule has 1 aliphatic rings. The Morgan fingerprint density at radius 2 is 1.92 bits per heavy atom. The molecule has 1 N–H and O–H groups in total. The third kappa shape index (κ3) is 6.54. The average Bonchev–Trinajstić information content (AvgIpc) is 2.65. The molecule has 1 heterocycles. The maximum atomic E-state index is 12.4. The third-order valence-corrected chi connectivity index (χ3v) is 6.81. The van der Waals surface area contributed by atoms with Crippen LogP contribution in [0.15, 0.2) is 24.3 Å². The summed E-state index contributed by atoms with van der Waals surface area (Å²) in [4.78, 5) is 14.1. The molecular formula is C18H27ClN2O4S. The number of likely N-dealkylation sites (tertiary alicyclic amines) is 1. The Balaban J connectivity index is 1.74. The lowest BCUT2D eigenvalue weighted by atomic mass is 10.1. The standard InChI is InChI=1S/C18H27ClN2O4S/c1-25-14-2-11-20-26(23,24)17-9-12-21(13-10-17)18(22)8-5-15-3-6-16(19)7-4-15/h3-4,6-7,17,20H,2,5,8-14H2,1H3. The Labute approximate surface area is 160 Å². The van der Waals surface area contributed by atoms with Crippen molar-refractivity contribution in [2.75, 3.05) is 33.4 Å². The van der Waals surface area contributed by atoms with E-state index < -0.39 is 15.3 Å². The van der Waals surface area contributed by atoms with Gasteiger partial charge in [-0.15, -0.1) is 0 Å². The lowest BCUT2D eigenvalue weighted by Gasteiger charge is -2.31. The van der Waals surface area contributed by atoms with E-state index in [2.05, 4.69) is 4.72 Å². The molecule has 0 atom stereocenters. The SMILES string of the molecule is COCCCNS(=O)(=O)C1CCN(C(=O)CCc2ccc(Cl)cc2)CC1. The number of carbonyl (C=O) groups is 1. The fraction of sp³-hybridized carbons (Fsp3) is 0.611. The summed E-state index contributed by atoms with van der Waals surface area (Å²) in [5, 5.41) is 0.254. The second kappa shape index (κ2) is 10.3. The highest BCUT2D eigenvalue weighted by Crippen LogP contribution is 2.18. The zero-order chi connectivity index (χ0) is 19.0. The van der Waals surface area contributed by atoms with Crippen molar-refractivity contribution < 1.29 is 17.9 Å². The minimum absolute atomic E-state index is 0.0730. The van der Waals surface area contributed by atoms with Gasteiger partial charge in [0.2, 0.25) is 15.9 Å². The number of ether oxygens (including phenoxy) is 1. The molecule has 146 valence electrons. The Hall–Kier alpha value is -1.15. The quantitative estimate of drug-likeness (QED) is 0.642. The second-order valence-corrected chi connectivity index (χ2v) is 8.97. The van der Waals surface area contributed by atoms with Crippen molar-refractivity contribution in [3.05, 3.63) is 34.9 Å². The number of nitrogens with one attached hydrogen (secondary N) is 1. The number of nitrogens with zero attached hydrogens (tertiary/aromatic N) is 1. The predicted octanol–water partition coefficient (Wildman–Crippen LogP) is 2.22. The van der Waals surface area contributed by atoms with Crippen molar-refractivity contribution in [1.82, 2.24) is 9.62 Å². The molecule has 0 aromatic heterocycles. The van der Waals surface area contributed by atoms with Gasteiger partial charge in [0, 0.05) is 44.8 Å². The Kier molecular flexibility index (Phi) is 8.34. The first-order chi connectivity index (χ1) is 12.4. The molecule has 1 saturated heterocycles. The fourth-order valence-corrected chi connectivity index (χ4v) is 4.65. The Morgan fingerprint density at radius 1 is 1.27 bits per heavy atom. The van der Waals surface area contributed by atoms with Crippen molar-refractivity contribution >= 4 is 27.5 Å². The van der Waals surface area contributed by atoms with Crippen LogP contribution < -0.4 is 4.72 Å². The first kappa shape index (κ1) is 21.2. The van der Waals surface area contributed by atoms with Crippen LogP contribution in [0, 0.1) is 0 Å². The van der Waals surface area contributed by atoms with E-state index in [4.69, 9.17) is 16.3 Å². The molecule has 0 bridgehead atoms. The molecule has 26 heavy (non-hydrogen) atoms. The first-order valence-electron chi connectivity index (χ1n) is 8.92. The van der Waals surface area contributed by atoms with Crippen LogP contribution in [-0.2, 0) is 26.0 Å². The first-order valence-corrected chi connectivity index (χ1v) is 10.8. The van der Waals surface area contributed by atoms with Crippen LogP contribution in [0.1, 0.15) is 31.2 Å². The highest BCUT2D eigenvalue weighted by atomic mass is 35.5. The van der Waals surface area contributed by atoms with Gasteiger partial charge >= 0.3 is 0 Å². The summed E-state index contributed by atoms with van der Waals surface area (Å²) in [6, 6.07) is 7.47. The number of hydrogen-bond acceptors (Lipinski definition) is 4. The molecule has 0 radical (unpaired) electrons. The van der Waals surface area contributed by atoms with Crippen molar-refractivity contribution in [2.45, 2.75) is 37.4 Å². The number of benzene rings is 1. The number of halogens is 1. The number of sulfonamides is 1. The van der Waals surface area contributed by atoms with Crippen LogP contribution in [0.4, 0.5) is 0 Å². The highest BCUT2D eigenvalue weighted by Gasteiger charge is 2.31. The van der Waals surface area contributed by atoms with E-state index in [-0.39, 0.29) is 5.91 Å². The molecule has 0 unspecified atom stereocenters. The van der Waals surface area contributed by atoms with Gasteiger partial charge in [-0.2, -0.15) is 0 Å². The van der Waals surface area contributed by atoms with Gasteiger partial charge < -0.3 is 9.64 Å². The largest absolute Gasteiger partial charge is 0.385 e. The monoisotopic (exact) mass is 402 g/mol. The summed E-state index contributed by atoms with van der Waals surface area (Å²) in [7, 11) is -1.74. The molecule has 1 aliphatic heterocycles. The molecular weight excluding hydrogens is 376 g/mol. The molecule has 1 amide bonds. The van der Waals surface area contributed by atoms with E-state index in [9.17, 15) is 13.2 Å². The normalized spacial score (nSPS) is 16.0. The number of piperidine rings is 1. The van der Waals surface area contributed by atoms with E-state index in [0.29, 0.717) is 63.4 Å². The van der Waals surface area contributed by atoms with Crippen LogP contribution in [0.5, 0.6) is 0 Å². The number of methoxy groups -OCH3 is 1. The summed E-state index contributed by atoms with van der Waals surface area (Å²) in [6.45, 7) is 1.89. The van der Waals surface area contributed by atoms with Crippen LogP contribution in [0.25, 0.3) is 0 Å². The molecule has 6 nitrogen and oxygen atoms in total. The van der Waals surface area contributed by atoms with Gasteiger partial charge in [0.15, 0.2) is 0 Å². The van der Waals surface area contributed by atoms with E-state index >= 15 is 0 Å². The van der Waals surface area contributed by atoms with Gasteiger partial charge in [0.1, 0.15) is 0 Å². The van der Waals surface area contributed by atoms with Crippen LogP contribution in [0.2, 0.25) is 5.02 Å². The van der Waals surface area contributed by atoms with E-state index in [1.165, 1.54) is 0 Å². The molecule has 1 aromatic rings. The molecule has 1 aromatic carbocycles. The summed E-state index contributed by atoms with van der Waals surface area (Å²) in [5.41, 5.74) is 1.07. The van der Waals surface area contributed by atoms with Crippen LogP contribution >= 0.6 is 11.6 Å². The van der Waals surface area contributed by atoms with Crippen molar-refractivity contribution in [3.63, 3.8) is 0 Å². The molecule has 2 rings (SSSR count). The average molecular weight is 403 g/mol. The fourth-order valence-electron chi connectivity index (χ4n) is 3.02. The molecule has 8 heteroatoms. The van der Waals surface area contributed by atoms with Crippen molar-refractivity contribution in [1.29, 1.82) is 0 Å². The van der Waals surface area contributed by atoms with E-state index in [0.717, 1.165) is 5.56 Å². The maximum absolute atomic E-state index is 12.4.